The Morgan fingerprint density at radius 1 is 1.23 bits per heavy atom. The molecule has 1 N–H and O–H groups in total. The lowest BCUT2D eigenvalue weighted by atomic mass is 10.1. The van der Waals surface area contributed by atoms with Crippen molar-refractivity contribution in [3.63, 3.8) is 0 Å². The molecule has 0 saturated carbocycles. The number of hydrogen-bond acceptors (Lipinski definition) is 2. The Balaban J connectivity index is 2.19. The van der Waals surface area contributed by atoms with Crippen LogP contribution in [0.5, 0.6) is 0 Å². The predicted molar refractivity (Wildman–Crippen MR) is 85.6 cm³/mol. The molecular formula is C17H16ClFN2O. The Morgan fingerprint density at radius 3 is 2.64 bits per heavy atom. The number of aryl methyl sites for hydroxylation is 2. The van der Waals surface area contributed by atoms with Crippen molar-refractivity contribution >= 4 is 22.6 Å². The summed E-state index contributed by atoms with van der Waals surface area (Å²) in [5.74, 6) is 0.140. The van der Waals surface area contributed by atoms with Gasteiger partial charge in [-0.2, -0.15) is 0 Å². The molecule has 3 nitrogen and oxygen atoms in total. The molecule has 2 aromatic carbocycles. The first-order valence-corrected chi connectivity index (χ1v) is 7.39. The number of nitrogens with zero attached hydrogens (tertiary/aromatic N) is 2. The highest BCUT2D eigenvalue weighted by atomic mass is 35.5. The Morgan fingerprint density at radius 2 is 1.95 bits per heavy atom. The van der Waals surface area contributed by atoms with Gasteiger partial charge in [0.2, 0.25) is 0 Å². The lowest BCUT2D eigenvalue weighted by molar-refractivity contribution is 0.267. The van der Waals surface area contributed by atoms with E-state index in [0.29, 0.717) is 16.4 Å². The van der Waals surface area contributed by atoms with Crippen LogP contribution in [0.3, 0.4) is 0 Å². The summed E-state index contributed by atoms with van der Waals surface area (Å²) in [5, 5.41) is 9.93. The number of aliphatic hydroxyl groups excluding tert-OH is 1. The second kappa shape index (κ2) is 5.71. The van der Waals surface area contributed by atoms with E-state index in [-0.39, 0.29) is 19.0 Å². The molecule has 0 unspecified atom stereocenters. The number of benzene rings is 2. The Labute approximate surface area is 133 Å². The number of rotatable bonds is 3. The molecule has 0 aliphatic heterocycles. The fraction of sp³-hybridized carbons (Fsp3) is 0.235. The fourth-order valence-electron chi connectivity index (χ4n) is 2.57. The van der Waals surface area contributed by atoms with E-state index < -0.39 is 0 Å². The summed E-state index contributed by atoms with van der Waals surface area (Å²) in [7, 11) is 0. The summed E-state index contributed by atoms with van der Waals surface area (Å²) in [6, 6.07) is 8.60. The normalized spacial score (nSPS) is 11.3. The zero-order valence-electron chi connectivity index (χ0n) is 12.4. The smallest absolute Gasteiger partial charge is 0.136 e. The third kappa shape index (κ3) is 2.49. The van der Waals surface area contributed by atoms with E-state index in [4.69, 9.17) is 11.6 Å². The molecule has 3 aromatic rings. The SMILES string of the molecule is Cc1cc2nc(CO)n(Cc3c(F)cccc3Cl)c2cc1C. The van der Waals surface area contributed by atoms with Gasteiger partial charge in [0.25, 0.3) is 0 Å². The molecular weight excluding hydrogens is 303 g/mol. The number of halogens is 2. The van der Waals surface area contributed by atoms with Crippen LogP contribution in [-0.4, -0.2) is 14.7 Å². The molecule has 5 heteroatoms. The van der Waals surface area contributed by atoms with Crippen molar-refractivity contribution < 1.29 is 9.50 Å². The number of imidazole rings is 1. The van der Waals surface area contributed by atoms with Crippen LogP contribution in [0.25, 0.3) is 11.0 Å². The monoisotopic (exact) mass is 318 g/mol. The molecule has 0 amide bonds. The number of fused-ring (bicyclic) bond motifs is 1. The molecule has 22 heavy (non-hydrogen) atoms. The summed E-state index contributed by atoms with van der Waals surface area (Å²) >= 11 is 6.11. The zero-order valence-corrected chi connectivity index (χ0v) is 13.2. The standard InChI is InChI=1S/C17H16ClFN2O/c1-10-6-15-16(7-11(10)2)21(17(9-22)20-15)8-12-13(18)4-3-5-14(12)19/h3-7,22H,8-9H2,1-2H3. The minimum atomic E-state index is -0.359. The van der Waals surface area contributed by atoms with Gasteiger partial charge < -0.3 is 9.67 Å². The van der Waals surface area contributed by atoms with Gasteiger partial charge in [0.1, 0.15) is 18.2 Å². The molecule has 0 atom stereocenters. The predicted octanol–water partition coefficient (Wildman–Crippen LogP) is 3.99. The van der Waals surface area contributed by atoms with Gasteiger partial charge in [-0.25, -0.2) is 9.37 Å². The van der Waals surface area contributed by atoms with E-state index in [1.807, 2.05) is 30.5 Å². The van der Waals surface area contributed by atoms with Crippen molar-refractivity contribution in [2.45, 2.75) is 27.0 Å². The Kier molecular flexibility index (Phi) is 3.89. The average molecular weight is 319 g/mol. The zero-order chi connectivity index (χ0) is 15.9. The van der Waals surface area contributed by atoms with Crippen LogP contribution in [0.15, 0.2) is 30.3 Å². The summed E-state index contributed by atoms with van der Waals surface area (Å²) < 4.78 is 15.9. The molecule has 3 rings (SSSR count). The maximum Gasteiger partial charge on any atom is 0.136 e. The third-order valence-electron chi connectivity index (χ3n) is 3.96. The van der Waals surface area contributed by atoms with Gasteiger partial charge in [-0.15, -0.1) is 0 Å². The molecule has 0 radical (unpaired) electrons. The van der Waals surface area contributed by atoms with Crippen LogP contribution in [0.2, 0.25) is 5.02 Å². The number of hydrogen-bond donors (Lipinski definition) is 1. The molecule has 1 heterocycles. The van der Waals surface area contributed by atoms with Gasteiger partial charge in [0, 0.05) is 10.6 Å². The van der Waals surface area contributed by atoms with Crippen molar-refractivity contribution in [2.24, 2.45) is 0 Å². The summed E-state index contributed by atoms with van der Waals surface area (Å²) in [6.07, 6.45) is 0. The molecule has 0 bridgehead atoms. The largest absolute Gasteiger partial charge is 0.388 e. The van der Waals surface area contributed by atoms with Gasteiger partial charge in [-0.1, -0.05) is 17.7 Å². The Hall–Kier alpha value is -1.91. The highest BCUT2D eigenvalue weighted by Crippen LogP contribution is 2.25. The van der Waals surface area contributed by atoms with Gasteiger partial charge in [0.05, 0.1) is 17.6 Å². The van der Waals surface area contributed by atoms with Crippen molar-refractivity contribution in [2.75, 3.05) is 0 Å². The first kappa shape index (κ1) is 15.0. The lowest BCUT2D eigenvalue weighted by Gasteiger charge is -2.11. The van der Waals surface area contributed by atoms with E-state index in [0.717, 1.165) is 22.2 Å². The van der Waals surface area contributed by atoms with Crippen LogP contribution in [0.1, 0.15) is 22.5 Å². The average Bonchev–Trinajstić information content (AvgIpc) is 2.80. The first-order valence-electron chi connectivity index (χ1n) is 7.01. The minimum Gasteiger partial charge on any atom is -0.388 e. The topological polar surface area (TPSA) is 38.1 Å². The molecule has 0 aliphatic carbocycles. The minimum absolute atomic E-state index is 0.209. The highest BCUT2D eigenvalue weighted by molar-refractivity contribution is 6.31. The van der Waals surface area contributed by atoms with E-state index in [1.54, 1.807) is 12.1 Å². The van der Waals surface area contributed by atoms with E-state index in [2.05, 4.69) is 4.98 Å². The quantitative estimate of drug-likeness (QED) is 0.793. The van der Waals surface area contributed by atoms with Gasteiger partial charge in [0.15, 0.2) is 0 Å². The molecule has 1 aromatic heterocycles. The molecule has 0 saturated heterocycles. The van der Waals surface area contributed by atoms with Crippen molar-refractivity contribution in [1.29, 1.82) is 0 Å². The molecule has 0 spiro atoms. The van der Waals surface area contributed by atoms with Gasteiger partial charge in [-0.05, 0) is 49.2 Å². The first-order chi connectivity index (χ1) is 10.5. The maximum absolute atomic E-state index is 14.0. The molecule has 114 valence electrons. The van der Waals surface area contributed by atoms with Crippen LogP contribution in [0, 0.1) is 19.7 Å². The fourth-order valence-corrected chi connectivity index (χ4v) is 2.79. The number of aliphatic hydroxyl groups is 1. The second-order valence-corrected chi connectivity index (χ2v) is 5.80. The molecule has 0 fully saturated rings. The lowest BCUT2D eigenvalue weighted by Crippen LogP contribution is -2.07. The Bertz CT molecular complexity index is 837. The van der Waals surface area contributed by atoms with E-state index in [9.17, 15) is 9.50 Å². The van der Waals surface area contributed by atoms with Crippen LogP contribution < -0.4 is 0 Å². The van der Waals surface area contributed by atoms with Crippen LogP contribution in [-0.2, 0) is 13.2 Å². The summed E-state index contributed by atoms with van der Waals surface area (Å²) in [5.41, 5.74) is 4.31. The van der Waals surface area contributed by atoms with Gasteiger partial charge >= 0.3 is 0 Å². The van der Waals surface area contributed by atoms with E-state index >= 15 is 0 Å². The third-order valence-corrected chi connectivity index (χ3v) is 4.32. The van der Waals surface area contributed by atoms with Crippen LogP contribution in [0.4, 0.5) is 4.39 Å². The van der Waals surface area contributed by atoms with Crippen molar-refractivity contribution in [1.82, 2.24) is 9.55 Å². The van der Waals surface area contributed by atoms with Crippen LogP contribution >= 0.6 is 11.6 Å². The summed E-state index contributed by atoms with van der Waals surface area (Å²) in [4.78, 5) is 4.44. The molecule has 0 aliphatic rings. The van der Waals surface area contributed by atoms with Crippen molar-refractivity contribution in [3.8, 4) is 0 Å². The second-order valence-electron chi connectivity index (χ2n) is 5.40. The number of aromatic nitrogens is 2. The van der Waals surface area contributed by atoms with Crippen molar-refractivity contribution in [3.05, 3.63) is 63.7 Å². The maximum atomic E-state index is 14.0. The highest BCUT2D eigenvalue weighted by Gasteiger charge is 2.15. The summed E-state index contributed by atoms with van der Waals surface area (Å²) in [6.45, 7) is 4.06. The van der Waals surface area contributed by atoms with E-state index in [1.165, 1.54) is 6.07 Å². The van der Waals surface area contributed by atoms with Gasteiger partial charge in [-0.3, -0.25) is 0 Å².